The lowest BCUT2D eigenvalue weighted by molar-refractivity contribution is -0.129. The van der Waals surface area contributed by atoms with Gasteiger partial charge in [-0.3, -0.25) is 9.59 Å². The van der Waals surface area contributed by atoms with Crippen LogP contribution < -0.4 is 5.32 Å². The maximum absolute atomic E-state index is 12.6. The van der Waals surface area contributed by atoms with Crippen molar-refractivity contribution in [2.75, 3.05) is 19.4 Å². The summed E-state index contributed by atoms with van der Waals surface area (Å²) in [6, 6.07) is 9.35. The molecule has 0 bridgehead atoms. The van der Waals surface area contributed by atoms with Gasteiger partial charge in [-0.1, -0.05) is 17.3 Å². The number of aromatic nitrogens is 5. The molecule has 0 saturated heterocycles. The molecule has 0 aliphatic carbocycles. The van der Waals surface area contributed by atoms with Gasteiger partial charge in [-0.15, -0.1) is 5.10 Å². The lowest BCUT2D eigenvalue weighted by atomic mass is 10.2. The summed E-state index contributed by atoms with van der Waals surface area (Å²) in [4.78, 5) is 25.8. The summed E-state index contributed by atoms with van der Waals surface area (Å²) in [5, 5.41) is 15.0. The van der Waals surface area contributed by atoms with Crippen molar-refractivity contribution >= 4 is 17.5 Å². The van der Waals surface area contributed by atoms with E-state index in [1.54, 1.807) is 24.8 Å². The summed E-state index contributed by atoms with van der Waals surface area (Å²) >= 11 is 0. The molecule has 0 aliphatic heterocycles. The quantitative estimate of drug-likeness (QED) is 0.735. The Morgan fingerprint density at radius 2 is 1.93 bits per heavy atom. The van der Waals surface area contributed by atoms with E-state index in [0.717, 1.165) is 17.1 Å². The third-order valence-electron chi connectivity index (χ3n) is 3.96. The van der Waals surface area contributed by atoms with Crippen LogP contribution in [0.15, 0.2) is 36.5 Å². The van der Waals surface area contributed by atoms with Crippen LogP contribution in [0.3, 0.4) is 0 Å². The normalized spacial score (nSPS) is 10.7. The van der Waals surface area contributed by atoms with E-state index < -0.39 is 5.91 Å². The van der Waals surface area contributed by atoms with E-state index in [0.29, 0.717) is 5.69 Å². The number of carbonyl (C=O) groups excluding carboxylic acids is 2. The smallest absolute Gasteiger partial charge is 0.277 e. The largest absolute Gasteiger partial charge is 0.347 e. The van der Waals surface area contributed by atoms with Crippen molar-refractivity contribution in [1.29, 1.82) is 0 Å². The highest BCUT2D eigenvalue weighted by atomic mass is 16.2. The molecule has 0 atom stereocenters. The predicted molar refractivity (Wildman–Crippen MR) is 99.7 cm³/mol. The zero-order valence-electron chi connectivity index (χ0n) is 15.7. The van der Waals surface area contributed by atoms with Crippen molar-refractivity contribution in [1.82, 2.24) is 29.7 Å². The third-order valence-corrected chi connectivity index (χ3v) is 3.96. The lowest BCUT2D eigenvalue weighted by Gasteiger charge is -2.11. The van der Waals surface area contributed by atoms with Gasteiger partial charge in [-0.25, -0.2) is 9.36 Å². The molecule has 9 heteroatoms. The fourth-order valence-electron chi connectivity index (χ4n) is 2.58. The Labute approximate surface area is 156 Å². The molecule has 2 heterocycles. The molecule has 2 amide bonds. The Kier molecular flexibility index (Phi) is 5.02. The molecule has 140 valence electrons. The lowest BCUT2D eigenvalue weighted by Crippen LogP contribution is -2.26. The molecule has 0 spiro atoms. The average molecular weight is 367 g/mol. The molecule has 3 rings (SSSR count). The molecular weight excluding hydrogens is 346 g/mol. The number of carbonyl (C=O) groups is 2. The highest BCUT2D eigenvalue weighted by Crippen LogP contribution is 2.22. The Morgan fingerprint density at radius 3 is 2.59 bits per heavy atom. The number of benzene rings is 1. The molecule has 1 N–H and O–H groups in total. The predicted octanol–water partition coefficient (Wildman–Crippen LogP) is 1.42. The molecular formula is C18H21N7O2. The number of aryl methyl sites for hydroxylation is 2. The maximum atomic E-state index is 12.6. The zero-order chi connectivity index (χ0) is 19.6. The van der Waals surface area contributed by atoms with Crippen LogP contribution in [0.4, 0.5) is 5.69 Å². The van der Waals surface area contributed by atoms with Crippen LogP contribution in [0.2, 0.25) is 0 Å². The van der Waals surface area contributed by atoms with Crippen LogP contribution in [0.25, 0.3) is 5.69 Å². The van der Waals surface area contributed by atoms with Gasteiger partial charge < -0.3 is 10.2 Å². The van der Waals surface area contributed by atoms with E-state index >= 15 is 0 Å². The van der Waals surface area contributed by atoms with Crippen molar-refractivity contribution in [2.45, 2.75) is 20.4 Å². The van der Waals surface area contributed by atoms with Crippen LogP contribution in [0, 0.1) is 13.8 Å². The van der Waals surface area contributed by atoms with Crippen LogP contribution in [0.5, 0.6) is 0 Å². The van der Waals surface area contributed by atoms with E-state index in [1.807, 2.05) is 38.1 Å². The fourth-order valence-corrected chi connectivity index (χ4v) is 2.58. The Balaban J connectivity index is 1.80. The number of nitrogens with zero attached hydrogens (tertiary/aromatic N) is 6. The number of hydrogen-bond acceptors (Lipinski definition) is 5. The number of anilines is 1. The van der Waals surface area contributed by atoms with Crippen molar-refractivity contribution in [3.05, 3.63) is 53.6 Å². The number of hydrogen-bond donors (Lipinski definition) is 1. The molecule has 0 unspecified atom stereocenters. The Hall–Kier alpha value is -3.49. The summed E-state index contributed by atoms with van der Waals surface area (Å²) in [5.41, 5.74) is 3.34. The second-order valence-corrected chi connectivity index (χ2v) is 6.40. The number of amides is 2. The van der Waals surface area contributed by atoms with Crippen LogP contribution in [0.1, 0.15) is 21.9 Å². The first kappa shape index (κ1) is 18.3. The molecule has 0 aliphatic rings. The van der Waals surface area contributed by atoms with Crippen molar-refractivity contribution < 1.29 is 9.59 Å². The van der Waals surface area contributed by atoms with Crippen molar-refractivity contribution in [3.8, 4) is 5.69 Å². The molecule has 1 aromatic carbocycles. The molecule has 2 aromatic heterocycles. The molecule has 27 heavy (non-hydrogen) atoms. The van der Waals surface area contributed by atoms with Gasteiger partial charge >= 0.3 is 0 Å². The molecule has 0 fully saturated rings. The summed E-state index contributed by atoms with van der Waals surface area (Å²) in [5.74, 6) is -0.547. The topological polar surface area (TPSA) is 97.9 Å². The Morgan fingerprint density at radius 1 is 1.19 bits per heavy atom. The highest BCUT2D eigenvalue weighted by molar-refractivity contribution is 6.03. The van der Waals surface area contributed by atoms with Gasteiger partial charge in [0.2, 0.25) is 5.91 Å². The second kappa shape index (κ2) is 7.40. The first-order valence-corrected chi connectivity index (χ1v) is 8.39. The zero-order valence-corrected chi connectivity index (χ0v) is 15.7. The standard InChI is InChI=1S/C18H21N7O2/c1-12-9-13(2)25(21-12)16-8-6-5-7-14(16)19-18(27)15-10-24(22-20-15)11-17(26)23(3)4/h5-10H,11H2,1-4H3,(H,19,27). The van der Waals surface area contributed by atoms with E-state index in [1.165, 1.54) is 15.8 Å². The SMILES string of the molecule is Cc1cc(C)n(-c2ccccc2NC(=O)c2cn(CC(=O)N(C)C)nn2)n1. The van der Waals surface area contributed by atoms with Crippen molar-refractivity contribution in [3.63, 3.8) is 0 Å². The minimum absolute atomic E-state index is 0.0234. The van der Waals surface area contributed by atoms with Gasteiger partial charge in [-0.05, 0) is 32.0 Å². The van der Waals surface area contributed by atoms with E-state index in [9.17, 15) is 9.59 Å². The molecule has 3 aromatic rings. The van der Waals surface area contributed by atoms with Crippen LogP contribution in [-0.4, -0.2) is 55.6 Å². The average Bonchev–Trinajstić information content (AvgIpc) is 3.21. The second-order valence-electron chi connectivity index (χ2n) is 6.40. The molecule has 0 radical (unpaired) electrons. The number of para-hydroxylation sites is 2. The summed E-state index contributed by atoms with van der Waals surface area (Å²) in [7, 11) is 3.31. The van der Waals surface area contributed by atoms with Crippen molar-refractivity contribution in [2.24, 2.45) is 0 Å². The summed E-state index contributed by atoms with van der Waals surface area (Å²) in [6.07, 6.45) is 1.45. The Bertz CT molecular complexity index is 987. The monoisotopic (exact) mass is 367 g/mol. The number of nitrogens with one attached hydrogen (secondary N) is 1. The third kappa shape index (κ3) is 4.02. The number of likely N-dealkylation sites (N-methyl/N-ethyl adjacent to an activating group) is 1. The first-order chi connectivity index (χ1) is 12.8. The minimum Gasteiger partial charge on any atom is -0.347 e. The van der Waals surface area contributed by atoms with Gasteiger partial charge in [0, 0.05) is 19.8 Å². The minimum atomic E-state index is -0.410. The van der Waals surface area contributed by atoms with E-state index in [2.05, 4.69) is 20.7 Å². The molecule has 0 saturated carbocycles. The first-order valence-electron chi connectivity index (χ1n) is 8.39. The highest BCUT2D eigenvalue weighted by Gasteiger charge is 2.16. The van der Waals surface area contributed by atoms with Gasteiger partial charge in [0.25, 0.3) is 5.91 Å². The van der Waals surface area contributed by atoms with Gasteiger partial charge in [0.05, 0.1) is 23.3 Å². The van der Waals surface area contributed by atoms with Crippen LogP contribution in [-0.2, 0) is 11.3 Å². The van der Waals surface area contributed by atoms with Crippen LogP contribution >= 0.6 is 0 Å². The number of rotatable bonds is 5. The van der Waals surface area contributed by atoms with E-state index in [4.69, 9.17) is 0 Å². The van der Waals surface area contributed by atoms with Gasteiger partial charge in [-0.2, -0.15) is 5.10 Å². The summed E-state index contributed by atoms with van der Waals surface area (Å²) in [6.45, 7) is 3.89. The van der Waals surface area contributed by atoms with Gasteiger partial charge in [0.1, 0.15) is 6.54 Å². The summed E-state index contributed by atoms with van der Waals surface area (Å²) < 4.78 is 3.11. The molecule has 9 nitrogen and oxygen atoms in total. The maximum Gasteiger partial charge on any atom is 0.277 e. The fraction of sp³-hybridized carbons (Fsp3) is 0.278. The van der Waals surface area contributed by atoms with E-state index in [-0.39, 0.29) is 18.1 Å². The van der Waals surface area contributed by atoms with Gasteiger partial charge in [0.15, 0.2) is 5.69 Å².